The number of likely N-dealkylation sites (tertiary alicyclic amines) is 1. The van der Waals surface area contributed by atoms with Crippen LogP contribution in [0.3, 0.4) is 0 Å². The van der Waals surface area contributed by atoms with Crippen LogP contribution in [-0.4, -0.2) is 35.2 Å². The number of rotatable bonds is 5. The van der Waals surface area contributed by atoms with Crippen LogP contribution < -0.4 is 10.1 Å². The summed E-state index contributed by atoms with van der Waals surface area (Å²) in [5.41, 5.74) is 1.27. The summed E-state index contributed by atoms with van der Waals surface area (Å²) in [5, 5.41) is 5.40. The maximum Gasteiger partial charge on any atom is 0.573 e. The quantitative estimate of drug-likeness (QED) is 0.832. The molecule has 0 atom stereocenters. The number of nitrogens with zero attached hydrogens (tertiary/aromatic N) is 2. The maximum atomic E-state index is 12.3. The Morgan fingerprint density at radius 2 is 1.88 bits per heavy atom. The van der Waals surface area contributed by atoms with Gasteiger partial charge in [-0.25, -0.2) is 4.98 Å². The average Bonchev–Trinajstić information content (AvgIpc) is 3.03. The van der Waals surface area contributed by atoms with Gasteiger partial charge in [0.05, 0.1) is 12.1 Å². The number of alkyl halides is 3. The van der Waals surface area contributed by atoms with Crippen LogP contribution in [0.25, 0.3) is 0 Å². The number of benzene rings is 1. The molecular formula is C17H18F3N3O2S. The smallest absolute Gasteiger partial charge is 0.406 e. The summed E-state index contributed by atoms with van der Waals surface area (Å²) in [7, 11) is 0. The third-order valence-corrected chi connectivity index (χ3v) is 4.74. The molecule has 1 fully saturated rings. The molecule has 0 bridgehead atoms. The SMILES string of the molecule is O=C(Cc1csc(Nc2ccc(OC(F)(F)F)cc2)n1)N1CCCCC1. The van der Waals surface area contributed by atoms with E-state index in [-0.39, 0.29) is 18.1 Å². The number of halogens is 3. The lowest BCUT2D eigenvalue weighted by Gasteiger charge is -2.26. The van der Waals surface area contributed by atoms with E-state index in [0.717, 1.165) is 25.9 Å². The number of carbonyl (C=O) groups excluding carboxylic acids is 1. The van der Waals surface area contributed by atoms with Gasteiger partial charge in [-0.3, -0.25) is 4.79 Å². The van der Waals surface area contributed by atoms with Crippen LogP contribution in [0.1, 0.15) is 25.0 Å². The van der Waals surface area contributed by atoms with Crippen LogP contribution >= 0.6 is 11.3 Å². The van der Waals surface area contributed by atoms with E-state index in [1.807, 2.05) is 10.3 Å². The number of hydrogen-bond acceptors (Lipinski definition) is 5. The minimum Gasteiger partial charge on any atom is -0.406 e. The average molecular weight is 385 g/mol. The number of hydrogen-bond donors (Lipinski definition) is 1. The number of thiazole rings is 1. The highest BCUT2D eigenvalue weighted by Gasteiger charge is 2.30. The molecule has 0 saturated carbocycles. The van der Waals surface area contributed by atoms with Gasteiger partial charge in [-0.1, -0.05) is 0 Å². The Hall–Kier alpha value is -2.29. The Balaban J connectivity index is 1.55. The normalized spacial score (nSPS) is 15.0. The zero-order valence-corrected chi connectivity index (χ0v) is 14.7. The minimum absolute atomic E-state index is 0.0789. The summed E-state index contributed by atoms with van der Waals surface area (Å²) in [6.07, 6.45) is -1.19. The van der Waals surface area contributed by atoms with Gasteiger partial charge in [0.25, 0.3) is 0 Å². The summed E-state index contributed by atoms with van der Waals surface area (Å²) < 4.78 is 40.3. The molecule has 1 amide bonds. The molecule has 1 aliphatic heterocycles. The fraction of sp³-hybridized carbons (Fsp3) is 0.412. The summed E-state index contributed by atoms with van der Waals surface area (Å²) in [4.78, 5) is 18.5. The van der Waals surface area contributed by atoms with E-state index in [9.17, 15) is 18.0 Å². The minimum atomic E-state index is -4.71. The van der Waals surface area contributed by atoms with E-state index in [0.29, 0.717) is 16.5 Å². The third kappa shape index (κ3) is 5.35. The van der Waals surface area contributed by atoms with Gasteiger partial charge >= 0.3 is 6.36 Å². The Bertz CT molecular complexity index is 740. The highest BCUT2D eigenvalue weighted by atomic mass is 32.1. The number of aromatic nitrogens is 1. The lowest BCUT2D eigenvalue weighted by Crippen LogP contribution is -2.36. The van der Waals surface area contributed by atoms with Crippen LogP contribution in [0.15, 0.2) is 29.6 Å². The fourth-order valence-corrected chi connectivity index (χ4v) is 3.45. The summed E-state index contributed by atoms with van der Waals surface area (Å²) in [6, 6.07) is 5.40. The molecule has 9 heteroatoms. The molecule has 0 radical (unpaired) electrons. The molecule has 1 saturated heterocycles. The number of amides is 1. The number of anilines is 2. The molecule has 2 aromatic rings. The van der Waals surface area contributed by atoms with Crippen molar-refractivity contribution in [3.05, 3.63) is 35.3 Å². The summed E-state index contributed by atoms with van der Waals surface area (Å²) in [5.74, 6) is -0.204. The van der Waals surface area contributed by atoms with Crippen molar-refractivity contribution in [2.45, 2.75) is 32.0 Å². The predicted octanol–water partition coefficient (Wildman–Crippen LogP) is 4.34. The van der Waals surface area contributed by atoms with E-state index >= 15 is 0 Å². The first kappa shape index (κ1) is 18.5. The molecule has 2 heterocycles. The zero-order chi connectivity index (χ0) is 18.6. The van der Waals surface area contributed by atoms with Crippen LogP contribution in [-0.2, 0) is 11.2 Å². The lowest BCUT2D eigenvalue weighted by atomic mass is 10.1. The van der Waals surface area contributed by atoms with Gasteiger partial charge in [0, 0.05) is 24.2 Å². The molecule has 140 valence electrons. The molecule has 0 aliphatic carbocycles. The molecule has 1 aromatic heterocycles. The van der Waals surface area contributed by atoms with Gasteiger partial charge in [0.2, 0.25) is 5.91 Å². The first-order valence-corrected chi connectivity index (χ1v) is 9.12. The van der Waals surface area contributed by atoms with Gasteiger partial charge in [-0.2, -0.15) is 0 Å². The molecule has 1 N–H and O–H groups in total. The third-order valence-electron chi connectivity index (χ3n) is 3.93. The number of carbonyl (C=O) groups is 1. The van der Waals surface area contributed by atoms with Crippen molar-refractivity contribution < 1.29 is 22.7 Å². The van der Waals surface area contributed by atoms with Crippen LogP contribution in [0.5, 0.6) is 5.75 Å². The molecule has 1 aliphatic rings. The van der Waals surface area contributed by atoms with Crippen LogP contribution in [0.4, 0.5) is 24.0 Å². The summed E-state index contributed by atoms with van der Waals surface area (Å²) in [6.45, 7) is 1.61. The molecule has 0 spiro atoms. The highest BCUT2D eigenvalue weighted by Crippen LogP contribution is 2.26. The molecular weight excluding hydrogens is 367 g/mol. The van der Waals surface area contributed by atoms with E-state index < -0.39 is 6.36 Å². The maximum absolute atomic E-state index is 12.3. The van der Waals surface area contributed by atoms with Crippen molar-refractivity contribution in [3.8, 4) is 5.75 Å². The monoisotopic (exact) mass is 385 g/mol. The second kappa shape index (κ2) is 7.94. The van der Waals surface area contributed by atoms with Crippen molar-refractivity contribution in [3.63, 3.8) is 0 Å². The first-order valence-electron chi connectivity index (χ1n) is 8.24. The van der Waals surface area contributed by atoms with Crippen molar-refractivity contribution in [2.24, 2.45) is 0 Å². The molecule has 3 rings (SSSR count). The highest BCUT2D eigenvalue weighted by molar-refractivity contribution is 7.13. The van der Waals surface area contributed by atoms with Crippen LogP contribution in [0, 0.1) is 0 Å². The largest absolute Gasteiger partial charge is 0.573 e. The van der Waals surface area contributed by atoms with Crippen molar-refractivity contribution in [1.82, 2.24) is 9.88 Å². The molecule has 1 aromatic carbocycles. The number of ether oxygens (including phenoxy) is 1. The van der Waals surface area contributed by atoms with Gasteiger partial charge in [0.15, 0.2) is 5.13 Å². The standard InChI is InChI=1S/C17H18F3N3O2S/c18-17(19,20)25-14-6-4-12(5-7-14)21-16-22-13(11-26-16)10-15(24)23-8-2-1-3-9-23/h4-7,11H,1-3,8-10H2,(H,21,22). The Kier molecular flexibility index (Phi) is 5.65. The zero-order valence-electron chi connectivity index (χ0n) is 13.9. The van der Waals surface area contributed by atoms with Gasteiger partial charge in [-0.15, -0.1) is 24.5 Å². The number of nitrogens with one attached hydrogen (secondary N) is 1. The van der Waals surface area contributed by atoms with Gasteiger partial charge in [-0.05, 0) is 43.5 Å². The van der Waals surface area contributed by atoms with Gasteiger partial charge < -0.3 is 15.0 Å². The van der Waals surface area contributed by atoms with E-state index in [4.69, 9.17) is 0 Å². The van der Waals surface area contributed by atoms with E-state index in [1.54, 1.807) is 0 Å². The molecule has 26 heavy (non-hydrogen) atoms. The Morgan fingerprint density at radius 3 is 2.54 bits per heavy atom. The predicted molar refractivity (Wildman–Crippen MR) is 92.7 cm³/mol. The van der Waals surface area contributed by atoms with Gasteiger partial charge in [0.1, 0.15) is 5.75 Å². The van der Waals surface area contributed by atoms with Crippen molar-refractivity contribution in [2.75, 3.05) is 18.4 Å². The molecule has 5 nitrogen and oxygen atoms in total. The van der Waals surface area contributed by atoms with Crippen molar-refractivity contribution >= 4 is 28.1 Å². The van der Waals surface area contributed by atoms with Crippen molar-refractivity contribution in [1.29, 1.82) is 0 Å². The Labute approximate surface area is 152 Å². The second-order valence-electron chi connectivity index (χ2n) is 5.96. The second-order valence-corrected chi connectivity index (χ2v) is 6.82. The molecule has 0 unspecified atom stereocenters. The Morgan fingerprint density at radius 1 is 1.19 bits per heavy atom. The van der Waals surface area contributed by atoms with Crippen LogP contribution in [0.2, 0.25) is 0 Å². The van der Waals surface area contributed by atoms with E-state index in [1.165, 1.54) is 42.0 Å². The topological polar surface area (TPSA) is 54.5 Å². The van der Waals surface area contributed by atoms with E-state index in [2.05, 4.69) is 15.0 Å². The number of piperidine rings is 1. The summed E-state index contributed by atoms with van der Waals surface area (Å²) >= 11 is 1.34. The first-order chi connectivity index (χ1) is 12.4. The lowest BCUT2D eigenvalue weighted by molar-refractivity contribution is -0.274. The fourth-order valence-electron chi connectivity index (χ4n) is 2.72.